The highest BCUT2D eigenvalue weighted by Crippen LogP contribution is 2.34. The molecule has 7 heteroatoms. The van der Waals surface area contributed by atoms with Crippen molar-refractivity contribution in [3.63, 3.8) is 0 Å². The van der Waals surface area contributed by atoms with E-state index in [-0.39, 0.29) is 5.28 Å². The molecule has 0 saturated heterocycles. The van der Waals surface area contributed by atoms with Crippen molar-refractivity contribution in [3.8, 4) is 0 Å². The van der Waals surface area contributed by atoms with Crippen molar-refractivity contribution in [1.82, 2.24) is 9.97 Å². The molecule has 140 valence electrons. The van der Waals surface area contributed by atoms with Gasteiger partial charge in [0.25, 0.3) is 0 Å². The molecule has 26 heavy (non-hydrogen) atoms. The molecule has 1 aliphatic heterocycles. The van der Waals surface area contributed by atoms with E-state index in [0.717, 1.165) is 40.9 Å². The average Bonchev–Trinajstić information content (AvgIpc) is 2.56. The predicted molar refractivity (Wildman–Crippen MR) is 105 cm³/mol. The Balaban J connectivity index is 2.01. The van der Waals surface area contributed by atoms with E-state index in [4.69, 9.17) is 11.6 Å². The van der Waals surface area contributed by atoms with Crippen LogP contribution in [0.3, 0.4) is 0 Å². The molecule has 0 saturated carbocycles. The maximum Gasteiger partial charge on any atom is 0.240 e. The number of fused-ring (bicyclic) bond motifs is 1. The van der Waals surface area contributed by atoms with Crippen molar-refractivity contribution in [2.45, 2.75) is 51.7 Å². The highest BCUT2D eigenvalue weighted by molar-refractivity contribution is 7.94. The van der Waals surface area contributed by atoms with E-state index in [1.54, 1.807) is 31.3 Å². The number of sulfonamides is 1. The van der Waals surface area contributed by atoms with E-state index >= 15 is 0 Å². The first-order valence-electron chi connectivity index (χ1n) is 8.72. The van der Waals surface area contributed by atoms with Crippen molar-refractivity contribution < 1.29 is 8.42 Å². The van der Waals surface area contributed by atoms with Crippen LogP contribution in [0.2, 0.25) is 5.28 Å². The third kappa shape index (κ3) is 3.58. The number of rotatable bonds is 3. The zero-order valence-electron chi connectivity index (χ0n) is 15.6. The summed E-state index contributed by atoms with van der Waals surface area (Å²) >= 11 is 5.92. The minimum atomic E-state index is -3.43. The molecule has 0 bridgehead atoms. The van der Waals surface area contributed by atoms with Gasteiger partial charge in [-0.2, -0.15) is 0 Å². The largest absolute Gasteiger partial charge is 0.270 e. The number of aryl methyl sites for hydroxylation is 2. The third-order valence-corrected chi connectivity index (χ3v) is 7.40. The Bertz CT molecular complexity index is 936. The minimum Gasteiger partial charge on any atom is -0.270 e. The number of hydrogen-bond donors (Lipinski definition) is 0. The lowest BCUT2D eigenvalue weighted by molar-refractivity contribution is 0.551. The van der Waals surface area contributed by atoms with E-state index in [2.05, 4.69) is 9.97 Å². The lowest BCUT2D eigenvalue weighted by Crippen LogP contribution is -2.45. The van der Waals surface area contributed by atoms with Crippen molar-refractivity contribution in [2.75, 3.05) is 10.8 Å². The Labute approximate surface area is 160 Å². The number of hydrogen-bond acceptors (Lipinski definition) is 4. The molecule has 1 aromatic carbocycles. The lowest BCUT2D eigenvalue weighted by Gasteiger charge is -2.35. The fourth-order valence-corrected chi connectivity index (χ4v) is 4.71. The molecule has 2 heterocycles. The Morgan fingerprint density at radius 3 is 2.69 bits per heavy atom. The molecule has 0 amide bonds. The highest BCUT2D eigenvalue weighted by atomic mass is 35.5. The maximum absolute atomic E-state index is 13.0. The van der Waals surface area contributed by atoms with Gasteiger partial charge in [-0.1, -0.05) is 12.1 Å². The second-order valence-electron chi connectivity index (χ2n) is 7.70. The van der Waals surface area contributed by atoms with Crippen LogP contribution in [-0.2, 0) is 22.9 Å². The standard InChI is InChI=1S/C19H24ClN3O2S/c1-13-12-21-18(20)22-16(13)10-14-7-8-15-6-5-9-23(17(15)11-14)26(24,25)19(2,3)4/h7-8,11-12H,5-6,9-10H2,1-4H3. The molecule has 0 radical (unpaired) electrons. The molecule has 0 spiro atoms. The van der Waals surface area contributed by atoms with E-state index < -0.39 is 14.8 Å². The van der Waals surface area contributed by atoms with Crippen molar-refractivity contribution in [2.24, 2.45) is 0 Å². The van der Waals surface area contributed by atoms with E-state index in [0.29, 0.717) is 13.0 Å². The SMILES string of the molecule is Cc1cnc(Cl)nc1Cc1ccc2c(c1)N(S(=O)(=O)C(C)(C)C)CCC2. The number of benzene rings is 1. The normalized spacial score (nSPS) is 15.0. The predicted octanol–water partition coefficient (Wildman–Crippen LogP) is 3.91. The molecule has 5 nitrogen and oxygen atoms in total. The molecule has 0 N–H and O–H groups in total. The third-order valence-electron chi connectivity index (χ3n) is 4.71. The lowest BCUT2D eigenvalue weighted by atomic mass is 9.99. The van der Waals surface area contributed by atoms with Crippen LogP contribution in [0.5, 0.6) is 0 Å². The average molecular weight is 394 g/mol. The van der Waals surface area contributed by atoms with E-state index in [1.165, 1.54) is 0 Å². The summed E-state index contributed by atoms with van der Waals surface area (Å²) in [6.45, 7) is 7.70. The van der Waals surface area contributed by atoms with Crippen LogP contribution in [0.15, 0.2) is 24.4 Å². The molecule has 1 aliphatic rings. The van der Waals surface area contributed by atoms with Gasteiger partial charge in [-0.05, 0) is 74.9 Å². The molecular weight excluding hydrogens is 370 g/mol. The topological polar surface area (TPSA) is 63.2 Å². The van der Waals surface area contributed by atoms with Gasteiger partial charge in [0.15, 0.2) is 0 Å². The van der Waals surface area contributed by atoms with Crippen LogP contribution in [0.4, 0.5) is 5.69 Å². The Hall–Kier alpha value is -1.66. The Morgan fingerprint density at radius 2 is 2.00 bits per heavy atom. The fraction of sp³-hybridized carbons (Fsp3) is 0.474. The number of halogens is 1. The summed E-state index contributed by atoms with van der Waals surface area (Å²) < 4.78 is 26.8. The van der Waals surface area contributed by atoms with Gasteiger partial charge in [-0.3, -0.25) is 4.31 Å². The highest BCUT2D eigenvalue weighted by Gasteiger charge is 2.37. The van der Waals surface area contributed by atoms with Crippen LogP contribution >= 0.6 is 11.6 Å². The Kier molecular flexibility index (Phi) is 5.01. The van der Waals surface area contributed by atoms with Crippen molar-refractivity contribution in [1.29, 1.82) is 0 Å². The molecule has 0 fully saturated rings. The molecular formula is C19H24ClN3O2S. The fourth-order valence-electron chi connectivity index (χ4n) is 3.10. The van der Waals surface area contributed by atoms with Gasteiger partial charge in [-0.15, -0.1) is 0 Å². The van der Waals surface area contributed by atoms with Crippen LogP contribution in [0.25, 0.3) is 0 Å². The van der Waals surface area contributed by atoms with Crippen LogP contribution in [0.1, 0.15) is 49.6 Å². The van der Waals surface area contributed by atoms with Crippen molar-refractivity contribution in [3.05, 3.63) is 52.1 Å². The Morgan fingerprint density at radius 1 is 1.27 bits per heavy atom. The molecule has 3 rings (SSSR count). The van der Waals surface area contributed by atoms with E-state index in [9.17, 15) is 8.42 Å². The van der Waals surface area contributed by atoms with Gasteiger partial charge in [0.05, 0.1) is 16.1 Å². The van der Waals surface area contributed by atoms with Crippen LogP contribution in [-0.4, -0.2) is 29.7 Å². The van der Waals surface area contributed by atoms with Gasteiger partial charge in [-0.25, -0.2) is 18.4 Å². The zero-order chi connectivity index (χ0) is 19.1. The molecule has 2 aromatic rings. The van der Waals surface area contributed by atoms with Crippen LogP contribution in [0, 0.1) is 6.92 Å². The monoisotopic (exact) mass is 393 g/mol. The summed E-state index contributed by atoms with van der Waals surface area (Å²) in [6.07, 6.45) is 4.02. The quantitative estimate of drug-likeness (QED) is 0.741. The molecule has 0 atom stereocenters. The molecule has 0 aliphatic carbocycles. The summed E-state index contributed by atoms with van der Waals surface area (Å²) in [5.41, 5.74) is 4.70. The van der Waals surface area contributed by atoms with Gasteiger partial charge in [0.1, 0.15) is 0 Å². The second kappa shape index (κ2) is 6.82. The summed E-state index contributed by atoms with van der Waals surface area (Å²) in [6, 6.07) is 6.06. The summed E-state index contributed by atoms with van der Waals surface area (Å²) in [5.74, 6) is 0. The van der Waals surface area contributed by atoms with Gasteiger partial charge < -0.3 is 0 Å². The second-order valence-corrected chi connectivity index (χ2v) is 10.7. The molecule has 1 aromatic heterocycles. The van der Waals surface area contributed by atoms with Crippen molar-refractivity contribution >= 4 is 27.3 Å². The first kappa shape index (κ1) is 19.1. The number of anilines is 1. The zero-order valence-corrected chi connectivity index (χ0v) is 17.2. The van der Waals surface area contributed by atoms with E-state index in [1.807, 2.05) is 25.1 Å². The summed E-state index contributed by atoms with van der Waals surface area (Å²) in [7, 11) is -3.43. The molecule has 0 unspecified atom stereocenters. The first-order chi connectivity index (χ1) is 12.1. The van der Waals surface area contributed by atoms with Gasteiger partial charge in [0, 0.05) is 19.2 Å². The van der Waals surface area contributed by atoms with Gasteiger partial charge >= 0.3 is 0 Å². The smallest absolute Gasteiger partial charge is 0.240 e. The minimum absolute atomic E-state index is 0.223. The first-order valence-corrected chi connectivity index (χ1v) is 10.5. The number of aromatic nitrogens is 2. The van der Waals surface area contributed by atoms with Crippen LogP contribution < -0.4 is 4.31 Å². The van der Waals surface area contributed by atoms with Gasteiger partial charge in [0.2, 0.25) is 15.3 Å². The summed E-state index contributed by atoms with van der Waals surface area (Å²) in [4.78, 5) is 8.30. The summed E-state index contributed by atoms with van der Waals surface area (Å²) in [5, 5.41) is 0.223. The number of nitrogens with zero attached hydrogens (tertiary/aromatic N) is 3. The maximum atomic E-state index is 13.0.